The number of aromatic hydroxyl groups is 1. The van der Waals surface area contributed by atoms with Crippen LogP contribution in [0.25, 0.3) is 0 Å². The van der Waals surface area contributed by atoms with Gasteiger partial charge in [-0.2, -0.15) is 0 Å². The maximum absolute atomic E-state index is 11.4. The Kier molecular flexibility index (Phi) is 3.40. The first-order chi connectivity index (χ1) is 7.98. The standard InChI is InChI=1S/C12H17NO3S/c1-17(15,16)12-6-5-9(8-11(12)14)10-4-2-3-7-13-10/h5-6,8,10,13-14H,2-4,7H2,1H3. The zero-order valence-electron chi connectivity index (χ0n) is 9.81. The number of benzene rings is 1. The minimum Gasteiger partial charge on any atom is -0.507 e. The van der Waals surface area contributed by atoms with Gasteiger partial charge in [-0.3, -0.25) is 0 Å². The molecule has 1 fully saturated rings. The van der Waals surface area contributed by atoms with Crippen molar-refractivity contribution < 1.29 is 13.5 Å². The Morgan fingerprint density at radius 2 is 2.12 bits per heavy atom. The van der Waals surface area contributed by atoms with E-state index in [1.807, 2.05) is 0 Å². The summed E-state index contributed by atoms with van der Waals surface area (Å²) in [6, 6.07) is 5.04. The second-order valence-electron chi connectivity index (χ2n) is 4.50. The van der Waals surface area contributed by atoms with Crippen LogP contribution in [-0.4, -0.2) is 26.3 Å². The van der Waals surface area contributed by atoms with E-state index in [2.05, 4.69) is 5.32 Å². The van der Waals surface area contributed by atoms with Crippen molar-refractivity contribution in [3.63, 3.8) is 0 Å². The van der Waals surface area contributed by atoms with Gasteiger partial charge in [0.05, 0.1) is 0 Å². The Hall–Kier alpha value is -1.07. The molecule has 0 saturated carbocycles. The number of phenols is 1. The molecule has 0 aliphatic carbocycles. The molecule has 1 heterocycles. The molecule has 2 rings (SSSR count). The molecule has 17 heavy (non-hydrogen) atoms. The molecule has 2 N–H and O–H groups in total. The highest BCUT2D eigenvalue weighted by atomic mass is 32.2. The minimum absolute atomic E-state index is 0.00272. The summed E-state index contributed by atoms with van der Waals surface area (Å²) in [6.07, 6.45) is 4.45. The van der Waals surface area contributed by atoms with Crippen molar-refractivity contribution in [1.29, 1.82) is 0 Å². The number of nitrogens with one attached hydrogen (secondary N) is 1. The van der Waals surface area contributed by atoms with Crippen LogP contribution in [-0.2, 0) is 9.84 Å². The number of piperidine rings is 1. The first kappa shape index (κ1) is 12.4. The van der Waals surface area contributed by atoms with Crippen molar-refractivity contribution in [1.82, 2.24) is 5.32 Å². The Morgan fingerprint density at radius 1 is 1.35 bits per heavy atom. The summed E-state index contributed by atoms with van der Waals surface area (Å²) in [4.78, 5) is -0.00272. The van der Waals surface area contributed by atoms with E-state index in [9.17, 15) is 13.5 Å². The van der Waals surface area contributed by atoms with Gasteiger partial charge < -0.3 is 10.4 Å². The molecule has 1 aliphatic rings. The predicted molar refractivity (Wildman–Crippen MR) is 65.8 cm³/mol. The Balaban J connectivity index is 2.30. The molecule has 1 aromatic rings. The second-order valence-corrected chi connectivity index (χ2v) is 6.49. The van der Waals surface area contributed by atoms with Gasteiger partial charge in [-0.15, -0.1) is 0 Å². The Morgan fingerprint density at radius 3 is 2.65 bits per heavy atom. The summed E-state index contributed by atoms with van der Waals surface area (Å²) in [6.45, 7) is 0.971. The van der Waals surface area contributed by atoms with Gasteiger partial charge in [0.15, 0.2) is 9.84 Å². The summed E-state index contributed by atoms with van der Waals surface area (Å²) in [5.74, 6) is -0.155. The molecule has 1 unspecified atom stereocenters. The highest BCUT2D eigenvalue weighted by molar-refractivity contribution is 7.90. The first-order valence-electron chi connectivity index (χ1n) is 5.75. The van der Waals surface area contributed by atoms with Gasteiger partial charge in [-0.05, 0) is 37.1 Å². The fraction of sp³-hybridized carbons (Fsp3) is 0.500. The molecule has 5 heteroatoms. The van der Waals surface area contributed by atoms with Crippen LogP contribution in [0.15, 0.2) is 23.1 Å². The summed E-state index contributed by atoms with van der Waals surface area (Å²) in [5, 5.41) is 13.1. The summed E-state index contributed by atoms with van der Waals surface area (Å²) < 4.78 is 22.7. The molecule has 1 atom stereocenters. The van der Waals surface area contributed by atoms with E-state index < -0.39 is 9.84 Å². The molecule has 1 aromatic carbocycles. The van der Waals surface area contributed by atoms with Crippen LogP contribution >= 0.6 is 0 Å². The molecule has 0 spiro atoms. The monoisotopic (exact) mass is 255 g/mol. The lowest BCUT2D eigenvalue weighted by Crippen LogP contribution is -2.26. The van der Waals surface area contributed by atoms with Gasteiger partial charge in [-0.1, -0.05) is 12.5 Å². The lowest BCUT2D eigenvalue weighted by Gasteiger charge is -2.24. The first-order valence-corrected chi connectivity index (χ1v) is 7.64. The van der Waals surface area contributed by atoms with E-state index in [1.165, 1.54) is 12.5 Å². The SMILES string of the molecule is CS(=O)(=O)c1ccc(C2CCCCN2)cc1O. The van der Waals surface area contributed by atoms with Crippen LogP contribution in [0.3, 0.4) is 0 Å². The van der Waals surface area contributed by atoms with Crippen molar-refractivity contribution >= 4 is 9.84 Å². The molecule has 1 saturated heterocycles. The topological polar surface area (TPSA) is 66.4 Å². The minimum atomic E-state index is -3.35. The second kappa shape index (κ2) is 4.66. The highest BCUT2D eigenvalue weighted by Crippen LogP contribution is 2.29. The number of sulfone groups is 1. The highest BCUT2D eigenvalue weighted by Gasteiger charge is 2.18. The van der Waals surface area contributed by atoms with Crippen molar-refractivity contribution in [2.75, 3.05) is 12.8 Å². The third-order valence-electron chi connectivity index (χ3n) is 3.10. The quantitative estimate of drug-likeness (QED) is 0.842. The molecule has 0 amide bonds. The number of phenolic OH excluding ortho intramolecular Hbond substituents is 1. The van der Waals surface area contributed by atoms with Crippen LogP contribution in [0.2, 0.25) is 0 Å². The maximum Gasteiger partial charge on any atom is 0.179 e. The van der Waals surface area contributed by atoms with Crippen molar-refractivity contribution in [2.24, 2.45) is 0 Å². The van der Waals surface area contributed by atoms with E-state index in [-0.39, 0.29) is 16.7 Å². The normalized spacial score (nSPS) is 21.4. The molecular formula is C12H17NO3S. The zero-order chi connectivity index (χ0) is 12.5. The van der Waals surface area contributed by atoms with Gasteiger partial charge in [-0.25, -0.2) is 8.42 Å². The van der Waals surface area contributed by atoms with Crippen LogP contribution in [0.4, 0.5) is 0 Å². The molecule has 0 radical (unpaired) electrons. The van der Waals surface area contributed by atoms with E-state index in [0.29, 0.717) is 0 Å². The van der Waals surface area contributed by atoms with E-state index in [4.69, 9.17) is 0 Å². The lowest BCUT2D eigenvalue weighted by atomic mass is 9.97. The van der Waals surface area contributed by atoms with Crippen molar-refractivity contribution in [3.8, 4) is 5.75 Å². The van der Waals surface area contributed by atoms with Gasteiger partial charge in [0.2, 0.25) is 0 Å². The molecule has 1 aliphatic heterocycles. The number of hydrogen-bond acceptors (Lipinski definition) is 4. The van der Waals surface area contributed by atoms with Crippen molar-refractivity contribution in [3.05, 3.63) is 23.8 Å². The number of rotatable bonds is 2. The Labute approximate surface area is 102 Å². The van der Waals surface area contributed by atoms with Crippen LogP contribution in [0, 0.1) is 0 Å². The maximum atomic E-state index is 11.4. The summed E-state index contributed by atoms with van der Waals surface area (Å²) in [7, 11) is -3.35. The lowest BCUT2D eigenvalue weighted by molar-refractivity contribution is 0.407. The molecule has 4 nitrogen and oxygen atoms in total. The fourth-order valence-corrected chi connectivity index (χ4v) is 2.96. The zero-order valence-corrected chi connectivity index (χ0v) is 10.6. The van der Waals surface area contributed by atoms with Gasteiger partial charge >= 0.3 is 0 Å². The van der Waals surface area contributed by atoms with Crippen LogP contribution in [0.1, 0.15) is 30.9 Å². The van der Waals surface area contributed by atoms with Gasteiger partial charge in [0.1, 0.15) is 10.6 Å². The average molecular weight is 255 g/mol. The van der Waals surface area contributed by atoms with Gasteiger partial charge in [0.25, 0.3) is 0 Å². The third kappa shape index (κ3) is 2.79. The molecular weight excluding hydrogens is 238 g/mol. The van der Waals surface area contributed by atoms with Crippen LogP contribution in [0.5, 0.6) is 5.75 Å². The smallest absolute Gasteiger partial charge is 0.179 e. The van der Waals surface area contributed by atoms with E-state index in [0.717, 1.165) is 31.2 Å². The van der Waals surface area contributed by atoms with Crippen molar-refractivity contribution in [2.45, 2.75) is 30.2 Å². The predicted octanol–water partition coefficient (Wildman–Crippen LogP) is 1.61. The van der Waals surface area contributed by atoms with E-state index >= 15 is 0 Å². The molecule has 0 aromatic heterocycles. The van der Waals surface area contributed by atoms with Gasteiger partial charge in [0, 0.05) is 12.3 Å². The fourth-order valence-electron chi connectivity index (χ4n) is 2.20. The Bertz CT molecular complexity index is 504. The third-order valence-corrected chi connectivity index (χ3v) is 4.24. The summed E-state index contributed by atoms with van der Waals surface area (Å²) in [5.41, 5.74) is 0.953. The molecule has 0 bridgehead atoms. The van der Waals surface area contributed by atoms with E-state index in [1.54, 1.807) is 12.1 Å². The van der Waals surface area contributed by atoms with Crippen LogP contribution < -0.4 is 5.32 Å². The summed E-state index contributed by atoms with van der Waals surface area (Å²) >= 11 is 0. The average Bonchev–Trinajstić information content (AvgIpc) is 2.28. The number of hydrogen-bond donors (Lipinski definition) is 2. The largest absolute Gasteiger partial charge is 0.507 e. The molecule has 94 valence electrons.